The molecular weight excluding hydrogens is 251 g/mol. The first kappa shape index (κ1) is 13.3. The first-order valence-electron chi connectivity index (χ1n) is 5.84. The van der Waals surface area contributed by atoms with Gasteiger partial charge in [0.05, 0.1) is 6.04 Å². The molecule has 1 aromatic carbocycles. The molecule has 1 N–H and O–H groups in total. The lowest BCUT2D eigenvalue weighted by molar-refractivity contribution is -0.147. The van der Waals surface area contributed by atoms with E-state index in [-0.39, 0.29) is 13.2 Å². The highest BCUT2D eigenvalue weighted by Gasteiger charge is 2.40. The second kappa shape index (κ2) is 6.17. The van der Waals surface area contributed by atoms with E-state index >= 15 is 0 Å². The van der Waals surface area contributed by atoms with Gasteiger partial charge >= 0.3 is 5.97 Å². The monoisotopic (exact) mass is 264 g/mol. The molecule has 0 bridgehead atoms. The predicted octanol–water partition coefficient (Wildman–Crippen LogP) is 1.72. The highest BCUT2D eigenvalue weighted by Crippen LogP contribution is 2.17. The maximum atomic E-state index is 13.4. The van der Waals surface area contributed by atoms with Gasteiger partial charge in [-0.2, -0.15) is 0 Å². The summed E-state index contributed by atoms with van der Waals surface area (Å²) in [6.07, 6.45) is -1.37. The van der Waals surface area contributed by atoms with Crippen LogP contribution in [0.3, 0.4) is 0 Å². The number of hydrogen-bond donors (Lipinski definition) is 1. The Kier molecular flexibility index (Phi) is 4.33. The van der Waals surface area contributed by atoms with E-state index < -0.39 is 24.2 Å². The van der Waals surface area contributed by atoms with Gasteiger partial charge in [-0.1, -0.05) is 35.4 Å². The van der Waals surface area contributed by atoms with Crippen molar-refractivity contribution in [3.05, 3.63) is 46.3 Å². The van der Waals surface area contributed by atoms with Gasteiger partial charge in [-0.3, -0.25) is 4.79 Å². The molecule has 1 aromatic rings. The van der Waals surface area contributed by atoms with Crippen molar-refractivity contribution < 1.29 is 13.9 Å². The minimum absolute atomic E-state index is 0.0191. The lowest BCUT2D eigenvalue weighted by atomic mass is 10.1. The Labute approximate surface area is 109 Å². The Bertz CT molecular complexity index is 490. The van der Waals surface area contributed by atoms with Crippen LogP contribution < -0.4 is 5.32 Å². The smallest absolute Gasteiger partial charge is 0.324 e. The Morgan fingerprint density at radius 2 is 2.26 bits per heavy atom. The van der Waals surface area contributed by atoms with E-state index in [4.69, 9.17) is 10.3 Å². The van der Waals surface area contributed by atoms with Crippen molar-refractivity contribution in [2.24, 2.45) is 5.11 Å². The first-order chi connectivity index (χ1) is 9.22. The molecule has 2 rings (SSSR count). The Balaban J connectivity index is 1.94. The van der Waals surface area contributed by atoms with Crippen molar-refractivity contribution in [3.63, 3.8) is 0 Å². The number of rotatable bonds is 4. The van der Waals surface area contributed by atoms with E-state index in [1.165, 1.54) is 0 Å². The van der Waals surface area contributed by atoms with E-state index in [0.717, 1.165) is 5.56 Å². The van der Waals surface area contributed by atoms with Crippen LogP contribution in [0.5, 0.6) is 0 Å². The fraction of sp³-hybridized carbons (Fsp3) is 0.417. The van der Waals surface area contributed by atoms with Gasteiger partial charge in [0.25, 0.3) is 0 Å². The molecule has 6 nitrogen and oxygen atoms in total. The van der Waals surface area contributed by atoms with Gasteiger partial charge in [0, 0.05) is 11.5 Å². The number of carbonyl (C=O) groups is 1. The summed E-state index contributed by atoms with van der Waals surface area (Å²) in [5.74, 6) is -0.610. The number of esters is 1. The second-order valence-corrected chi connectivity index (χ2v) is 4.19. The number of ether oxygens (including phenoxy) is 1. The quantitative estimate of drug-likeness (QED) is 0.388. The summed E-state index contributed by atoms with van der Waals surface area (Å²) in [7, 11) is 0. The average molecular weight is 264 g/mol. The molecule has 100 valence electrons. The fourth-order valence-electron chi connectivity index (χ4n) is 1.93. The molecule has 0 aliphatic carbocycles. The number of nitrogens with zero attached hydrogens (tertiary/aromatic N) is 3. The third kappa shape index (κ3) is 3.21. The van der Waals surface area contributed by atoms with E-state index in [1.54, 1.807) is 0 Å². The van der Waals surface area contributed by atoms with Crippen molar-refractivity contribution in [1.82, 2.24) is 5.32 Å². The van der Waals surface area contributed by atoms with Gasteiger partial charge in [0.2, 0.25) is 0 Å². The molecule has 7 heteroatoms. The van der Waals surface area contributed by atoms with Gasteiger partial charge in [0.15, 0.2) is 0 Å². The number of hydrogen-bond acceptors (Lipinski definition) is 4. The number of azide groups is 1. The molecule has 0 amide bonds. The number of alkyl halides is 1. The summed E-state index contributed by atoms with van der Waals surface area (Å²) in [4.78, 5) is 14.4. The van der Waals surface area contributed by atoms with Crippen LogP contribution in [-0.2, 0) is 16.1 Å². The highest BCUT2D eigenvalue weighted by molar-refractivity contribution is 5.77. The second-order valence-electron chi connectivity index (χ2n) is 4.19. The molecule has 0 spiro atoms. The van der Waals surface area contributed by atoms with E-state index in [9.17, 15) is 9.18 Å². The molecule has 0 unspecified atom stereocenters. The maximum absolute atomic E-state index is 13.4. The van der Waals surface area contributed by atoms with E-state index in [2.05, 4.69) is 15.3 Å². The van der Waals surface area contributed by atoms with Gasteiger partial charge in [0.1, 0.15) is 18.8 Å². The fourth-order valence-corrected chi connectivity index (χ4v) is 1.93. The number of benzene rings is 1. The molecule has 0 aromatic heterocycles. The highest BCUT2D eigenvalue weighted by atomic mass is 19.1. The summed E-state index contributed by atoms with van der Waals surface area (Å²) in [5, 5.41) is 5.97. The summed E-state index contributed by atoms with van der Waals surface area (Å²) in [6, 6.07) is 7.18. The van der Waals surface area contributed by atoms with Crippen molar-refractivity contribution >= 4 is 5.97 Å². The Morgan fingerprint density at radius 3 is 2.95 bits per heavy atom. The maximum Gasteiger partial charge on any atom is 0.324 e. The van der Waals surface area contributed by atoms with Crippen molar-refractivity contribution in [2.45, 2.75) is 24.9 Å². The van der Waals surface area contributed by atoms with Crippen LogP contribution in [0.1, 0.15) is 5.56 Å². The first-order valence-corrected chi connectivity index (χ1v) is 5.84. The molecule has 0 radical (unpaired) electrons. The van der Waals surface area contributed by atoms with Crippen molar-refractivity contribution in [3.8, 4) is 0 Å². The van der Waals surface area contributed by atoms with Crippen LogP contribution in [0.25, 0.3) is 10.4 Å². The van der Waals surface area contributed by atoms with E-state index in [0.29, 0.717) is 0 Å². The number of carbonyl (C=O) groups excluding carboxylic acids is 1. The zero-order chi connectivity index (χ0) is 13.7. The summed E-state index contributed by atoms with van der Waals surface area (Å²) in [6.45, 7) is 0.0899. The molecular formula is C12H13FN4O2. The minimum Gasteiger partial charge on any atom is -0.460 e. The standard InChI is InChI=1S/C12H13FN4O2/c13-9-6-15-11(10(9)16-17-14)12(18)19-7-8-4-2-1-3-5-8/h1-5,9-11,15H,6-7H2/t9-,10+,11-/m0/s1. The lowest BCUT2D eigenvalue weighted by Crippen LogP contribution is -2.39. The molecule has 0 saturated carbocycles. The van der Waals surface area contributed by atoms with Gasteiger partial charge < -0.3 is 10.1 Å². The van der Waals surface area contributed by atoms with Crippen LogP contribution in [0.2, 0.25) is 0 Å². The van der Waals surface area contributed by atoms with E-state index in [1.807, 2.05) is 30.3 Å². The topological polar surface area (TPSA) is 87.1 Å². The van der Waals surface area contributed by atoms with Gasteiger partial charge in [-0.25, -0.2) is 4.39 Å². The summed E-state index contributed by atoms with van der Waals surface area (Å²) >= 11 is 0. The molecule has 1 heterocycles. The third-order valence-electron chi connectivity index (χ3n) is 2.91. The largest absolute Gasteiger partial charge is 0.460 e. The van der Waals surface area contributed by atoms with Crippen LogP contribution >= 0.6 is 0 Å². The Hall–Kier alpha value is -2.11. The SMILES string of the molecule is [N-]=[N+]=N[C@H]1[C@@H](C(=O)OCc2ccccc2)NC[C@@H]1F. The summed E-state index contributed by atoms with van der Waals surface area (Å²) < 4.78 is 18.5. The zero-order valence-corrected chi connectivity index (χ0v) is 10.1. The van der Waals surface area contributed by atoms with Crippen LogP contribution in [-0.4, -0.2) is 30.8 Å². The minimum atomic E-state index is -1.37. The molecule has 3 atom stereocenters. The number of nitrogens with one attached hydrogen (secondary N) is 1. The predicted molar refractivity (Wildman–Crippen MR) is 65.9 cm³/mol. The zero-order valence-electron chi connectivity index (χ0n) is 10.1. The van der Waals surface area contributed by atoms with Gasteiger partial charge in [-0.15, -0.1) is 0 Å². The Morgan fingerprint density at radius 1 is 1.53 bits per heavy atom. The van der Waals surface area contributed by atoms with Crippen molar-refractivity contribution in [1.29, 1.82) is 0 Å². The van der Waals surface area contributed by atoms with Crippen LogP contribution in [0, 0.1) is 0 Å². The van der Waals surface area contributed by atoms with Crippen LogP contribution in [0.4, 0.5) is 4.39 Å². The molecule has 1 fully saturated rings. The molecule has 1 saturated heterocycles. The summed E-state index contributed by atoms with van der Waals surface area (Å²) in [5.41, 5.74) is 9.20. The average Bonchev–Trinajstić information content (AvgIpc) is 2.80. The lowest BCUT2D eigenvalue weighted by Gasteiger charge is -2.14. The molecule has 1 aliphatic rings. The third-order valence-corrected chi connectivity index (χ3v) is 2.91. The number of halogens is 1. The molecule has 19 heavy (non-hydrogen) atoms. The molecule has 1 aliphatic heterocycles. The van der Waals surface area contributed by atoms with Crippen LogP contribution in [0.15, 0.2) is 35.4 Å². The van der Waals surface area contributed by atoms with Crippen molar-refractivity contribution in [2.75, 3.05) is 6.54 Å². The van der Waals surface area contributed by atoms with Gasteiger partial charge in [-0.05, 0) is 11.1 Å². The normalized spacial score (nSPS) is 25.6.